The molecule has 1 amide bonds. The number of pyridine rings is 1. The largest absolute Gasteiger partial charge is 0.306 e. The summed E-state index contributed by atoms with van der Waals surface area (Å²) < 4.78 is 0. The number of carbonyl (C=O) groups is 1. The van der Waals surface area contributed by atoms with Crippen molar-refractivity contribution in [1.82, 2.24) is 4.98 Å². The summed E-state index contributed by atoms with van der Waals surface area (Å²) in [5.41, 5.74) is 0.603. The smallest absolute Gasteiger partial charge is 0.259 e. The lowest BCUT2D eigenvalue weighted by Gasteiger charge is -2.07. The van der Waals surface area contributed by atoms with E-state index in [4.69, 9.17) is 28.5 Å². The first-order valence-corrected chi connectivity index (χ1v) is 5.99. The molecule has 94 valence electrons. The van der Waals surface area contributed by atoms with Crippen LogP contribution in [0.4, 0.5) is 5.82 Å². The summed E-state index contributed by atoms with van der Waals surface area (Å²) >= 11 is 11.9. The van der Waals surface area contributed by atoms with Crippen LogP contribution < -0.4 is 5.32 Å². The van der Waals surface area contributed by atoms with Gasteiger partial charge in [0.25, 0.3) is 5.91 Å². The highest BCUT2D eigenvalue weighted by atomic mass is 35.5. The molecule has 0 fully saturated rings. The molecule has 0 aliphatic heterocycles. The van der Waals surface area contributed by atoms with Crippen LogP contribution in [0.5, 0.6) is 0 Å². The molecule has 0 saturated heterocycles. The number of anilines is 1. The van der Waals surface area contributed by atoms with Gasteiger partial charge >= 0.3 is 0 Å². The number of nitriles is 1. The minimum Gasteiger partial charge on any atom is -0.306 e. The third kappa shape index (κ3) is 3.02. The first-order valence-electron chi connectivity index (χ1n) is 5.23. The lowest BCUT2D eigenvalue weighted by atomic mass is 10.2. The van der Waals surface area contributed by atoms with Crippen molar-refractivity contribution in [2.24, 2.45) is 0 Å². The highest BCUT2D eigenvalue weighted by Crippen LogP contribution is 2.24. The van der Waals surface area contributed by atoms with Gasteiger partial charge in [0, 0.05) is 6.20 Å². The van der Waals surface area contributed by atoms with Crippen LogP contribution in [0.15, 0.2) is 36.5 Å². The second-order valence-electron chi connectivity index (χ2n) is 3.59. The Balaban J connectivity index is 2.23. The SMILES string of the molecule is N#Cc1ccc(NC(=O)c2c(Cl)cccc2Cl)nc1. The molecule has 1 N–H and O–H groups in total. The van der Waals surface area contributed by atoms with Gasteiger partial charge in [0.15, 0.2) is 0 Å². The molecule has 1 aromatic carbocycles. The van der Waals surface area contributed by atoms with Crippen molar-refractivity contribution in [3.63, 3.8) is 0 Å². The Morgan fingerprint density at radius 1 is 1.21 bits per heavy atom. The molecule has 6 heteroatoms. The van der Waals surface area contributed by atoms with Gasteiger partial charge in [-0.3, -0.25) is 4.79 Å². The van der Waals surface area contributed by atoms with Crippen molar-refractivity contribution < 1.29 is 4.79 Å². The summed E-state index contributed by atoms with van der Waals surface area (Å²) in [5, 5.41) is 11.7. The van der Waals surface area contributed by atoms with E-state index in [2.05, 4.69) is 10.3 Å². The number of benzene rings is 1. The van der Waals surface area contributed by atoms with E-state index in [1.165, 1.54) is 12.3 Å². The van der Waals surface area contributed by atoms with Crippen molar-refractivity contribution in [2.75, 3.05) is 5.32 Å². The average molecular weight is 292 g/mol. The molecule has 0 aliphatic rings. The molecule has 0 saturated carbocycles. The standard InChI is InChI=1S/C13H7Cl2N3O/c14-9-2-1-3-10(15)12(9)13(19)18-11-5-4-8(6-16)7-17-11/h1-5,7H,(H,17,18,19). The van der Waals surface area contributed by atoms with Gasteiger partial charge < -0.3 is 5.32 Å². The van der Waals surface area contributed by atoms with Crippen LogP contribution in [0.3, 0.4) is 0 Å². The van der Waals surface area contributed by atoms with Gasteiger partial charge in [-0.2, -0.15) is 5.26 Å². The van der Waals surface area contributed by atoms with E-state index >= 15 is 0 Å². The molecule has 1 heterocycles. The predicted octanol–water partition coefficient (Wildman–Crippen LogP) is 3.51. The first kappa shape index (κ1) is 13.3. The Kier molecular flexibility index (Phi) is 4.00. The molecule has 0 unspecified atom stereocenters. The van der Waals surface area contributed by atoms with Gasteiger partial charge in [-0.05, 0) is 24.3 Å². The number of nitrogens with zero attached hydrogens (tertiary/aromatic N) is 2. The highest BCUT2D eigenvalue weighted by molar-refractivity contribution is 6.40. The minimum absolute atomic E-state index is 0.192. The third-order valence-electron chi connectivity index (χ3n) is 2.32. The van der Waals surface area contributed by atoms with Gasteiger partial charge in [-0.25, -0.2) is 4.98 Å². The zero-order chi connectivity index (χ0) is 13.8. The lowest BCUT2D eigenvalue weighted by Crippen LogP contribution is -2.14. The normalized spacial score (nSPS) is 9.74. The molecule has 0 spiro atoms. The fourth-order valence-electron chi connectivity index (χ4n) is 1.43. The summed E-state index contributed by atoms with van der Waals surface area (Å²) in [5.74, 6) is -0.132. The van der Waals surface area contributed by atoms with E-state index in [0.29, 0.717) is 11.4 Å². The van der Waals surface area contributed by atoms with E-state index in [9.17, 15) is 4.79 Å². The number of carbonyl (C=O) groups excluding carboxylic acids is 1. The number of hydrogen-bond acceptors (Lipinski definition) is 3. The van der Waals surface area contributed by atoms with E-state index in [1.54, 1.807) is 24.3 Å². The Labute approximate surface area is 119 Å². The maximum atomic E-state index is 12.0. The van der Waals surface area contributed by atoms with Gasteiger partial charge in [0.05, 0.1) is 21.2 Å². The molecular weight excluding hydrogens is 285 g/mol. The number of halogens is 2. The third-order valence-corrected chi connectivity index (χ3v) is 2.95. The van der Waals surface area contributed by atoms with Gasteiger partial charge in [-0.1, -0.05) is 29.3 Å². The maximum absolute atomic E-state index is 12.0. The van der Waals surface area contributed by atoms with Crippen LogP contribution in [0, 0.1) is 11.3 Å². The zero-order valence-corrected chi connectivity index (χ0v) is 11.0. The van der Waals surface area contributed by atoms with Crippen LogP contribution in [-0.2, 0) is 0 Å². The fraction of sp³-hybridized carbons (Fsp3) is 0. The van der Waals surface area contributed by atoms with E-state index in [0.717, 1.165) is 0 Å². The molecule has 2 rings (SSSR count). The van der Waals surface area contributed by atoms with Crippen molar-refractivity contribution in [3.8, 4) is 6.07 Å². The Hall–Kier alpha value is -2.09. The summed E-state index contributed by atoms with van der Waals surface area (Å²) in [6.45, 7) is 0. The van der Waals surface area contributed by atoms with E-state index < -0.39 is 5.91 Å². The van der Waals surface area contributed by atoms with Crippen LogP contribution >= 0.6 is 23.2 Å². The Morgan fingerprint density at radius 3 is 2.42 bits per heavy atom. The van der Waals surface area contributed by atoms with Crippen LogP contribution in [0.25, 0.3) is 0 Å². The van der Waals surface area contributed by atoms with E-state index in [-0.39, 0.29) is 15.6 Å². The van der Waals surface area contributed by atoms with Crippen LogP contribution in [-0.4, -0.2) is 10.9 Å². The second-order valence-corrected chi connectivity index (χ2v) is 4.41. The number of hydrogen-bond donors (Lipinski definition) is 1. The second kappa shape index (κ2) is 5.70. The van der Waals surface area contributed by atoms with Crippen molar-refractivity contribution in [3.05, 3.63) is 57.7 Å². The molecule has 19 heavy (non-hydrogen) atoms. The van der Waals surface area contributed by atoms with Crippen molar-refractivity contribution in [2.45, 2.75) is 0 Å². The molecule has 0 radical (unpaired) electrons. The van der Waals surface area contributed by atoms with Gasteiger partial charge in [0.1, 0.15) is 11.9 Å². The molecule has 0 bridgehead atoms. The number of aromatic nitrogens is 1. The summed E-state index contributed by atoms with van der Waals surface area (Å²) in [7, 11) is 0. The van der Waals surface area contributed by atoms with Gasteiger partial charge in [0.2, 0.25) is 0 Å². The maximum Gasteiger partial charge on any atom is 0.259 e. The Bertz CT molecular complexity index is 642. The van der Waals surface area contributed by atoms with E-state index in [1.807, 2.05) is 6.07 Å². The minimum atomic E-state index is -0.451. The molecule has 4 nitrogen and oxygen atoms in total. The summed E-state index contributed by atoms with van der Waals surface area (Å²) in [4.78, 5) is 16.0. The average Bonchev–Trinajstić information content (AvgIpc) is 2.39. The molecule has 0 atom stereocenters. The number of amides is 1. The van der Waals surface area contributed by atoms with Crippen LogP contribution in [0.1, 0.15) is 15.9 Å². The Morgan fingerprint density at radius 2 is 1.89 bits per heavy atom. The highest BCUT2D eigenvalue weighted by Gasteiger charge is 2.14. The van der Waals surface area contributed by atoms with Crippen LogP contribution in [0.2, 0.25) is 10.0 Å². The summed E-state index contributed by atoms with van der Waals surface area (Å²) in [6.07, 6.45) is 1.36. The van der Waals surface area contributed by atoms with Crippen molar-refractivity contribution in [1.29, 1.82) is 5.26 Å². The summed E-state index contributed by atoms with van der Waals surface area (Å²) in [6, 6.07) is 9.83. The molecule has 1 aromatic heterocycles. The molecular formula is C13H7Cl2N3O. The number of rotatable bonds is 2. The van der Waals surface area contributed by atoms with Gasteiger partial charge in [-0.15, -0.1) is 0 Å². The monoisotopic (exact) mass is 291 g/mol. The molecule has 2 aromatic rings. The first-order chi connectivity index (χ1) is 9.11. The topological polar surface area (TPSA) is 65.8 Å². The fourth-order valence-corrected chi connectivity index (χ4v) is 2.00. The quantitative estimate of drug-likeness (QED) is 0.921. The predicted molar refractivity (Wildman–Crippen MR) is 73.4 cm³/mol. The number of nitrogens with one attached hydrogen (secondary N) is 1. The lowest BCUT2D eigenvalue weighted by molar-refractivity contribution is 0.102. The van der Waals surface area contributed by atoms with Crippen molar-refractivity contribution >= 4 is 34.9 Å². The molecule has 0 aliphatic carbocycles. The zero-order valence-electron chi connectivity index (χ0n) is 9.52.